The van der Waals surface area contributed by atoms with Gasteiger partial charge < -0.3 is 5.11 Å². The molecule has 1 aliphatic rings. The summed E-state index contributed by atoms with van der Waals surface area (Å²) in [6.07, 6.45) is -1.29. The number of piperidine rings is 1. The van der Waals surface area contributed by atoms with Crippen LogP contribution in [0.25, 0.3) is 0 Å². The Morgan fingerprint density at radius 2 is 1.81 bits per heavy atom. The summed E-state index contributed by atoms with van der Waals surface area (Å²) >= 11 is 0. The third-order valence-electron chi connectivity index (χ3n) is 3.25. The summed E-state index contributed by atoms with van der Waals surface area (Å²) in [7, 11) is -4.34. The maximum atomic E-state index is 13.7. The van der Waals surface area contributed by atoms with Crippen LogP contribution in [0.15, 0.2) is 23.1 Å². The number of rotatable bonds is 3. The van der Waals surface area contributed by atoms with Crippen molar-refractivity contribution in [1.29, 1.82) is 0 Å². The number of benzene rings is 1. The fraction of sp³-hybridized carbons (Fsp3) is 0.417. The Hall–Kier alpha value is -1.61. The van der Waals surface area contributed by atoms with E-state index in [-0.39, 0.29) is 0 Å². The van der Waals surface area contributed by atoms with Gasteiger partial charge in [0.25, 0.3) is 5.92 Å². The number of nitrogens with zero attached hydrogens (tertiary/aromatic N) is 1. The van der Waals surface area contributed by atoms with Crippen LogP contribution in [0.4, 0.5) is 13.2 Å². The van der Waals surface area contributed by atoms with Gasteiger partial charge in [-0.25, -0.2) is 26.4 Å². The molecule has 0 amide bonds. The molecule has 1 aromatic rings. The van der Waals surface area contributed by atoms with Gasteiger partial charge in [0.15, 0.2) is 0 Å². The minimum Gasteiger partial charge on any atom is -0.478 e. The van der Waals surface area contributed by atoms with Crippen LogP contribution in [0.2, 0.25) is 0 Å². The summed E-state index contributed by atoms with van der Waals surface area (Å²) in [6.45, 7) is -0.877. The standard InChI is InChI=1S/C12H12F3NO4S/c13-9-2-1-8(11(17)18)7-10(9)21(19,20)16-5-3-12(14,15)4-6-16/h1-2,7H,3-6H2,(H,17,18). The molecule has 0 radical (unpaired) electrons. The van der Waals surface area contributed by atoms with Gasteiger partial charge >= 0.3 is 5.97 Å². The largest absolute Gasteiger partial charge is 0.478 e. The van der Waals surface area contributed by atoms with E-state index in [0.717, 1.165) is 16.4 Å². The Kier molecular flexibility index (Phi) is 3.98. The van der Waals surface area contributed by atoms with E-state index in [9.17, 15) is 26.4 Å². The average Bonchev–Trinajstić information content (AvgIpc) is 2.38. The van der Waals surface area contributed by atoms with E-state index in [1.54, 1.807) is 0 Å². The highest BCUT2D eigenvalue weighted by molar-refractivity contribution is 7.89. The maximum absolute atomic E-state index is 13.7. The van der Waals surface area contributed by atoms with Gasteiger partial charge in [-0.3, -0.25) is 0 Å². The Bertz CT molecular complexity index is 665. The van der Waals surface area contributed by atoms with Crippen LogP contribution in [0, 0.1) is 5.82 Å². The maximum Gasteiger partial charge on any atom is 0.335 e. The van der Waals surface area contributed by atoms with Crippen molar-refractivity contribution in [1.82, 2.24) is 4.31 Å². The summed E-state index contributed by atoms with van der Waals surface area (Å²) < 4.78 is 65.0. The van der Waals surface area contributed by atoms with Gasteiger partial charge in [0.2, 0.25) is 10.0 Å². The Balaban J connectivity index is 2.36. The van der Waals surface area contributed by atoms with Gasteiger partial charge in [-0.2, -0.15) is 4.31 Å². The first kappa shape index (κ1) is 15.8. The van der Waals surface area contributed by atoms with Crippen LogP contribution < -0.4 is 0 Å². The molecule has 9 heteroatoms. The fourth-order valence-electron chi connectivity index (χ4n) is 2.03. The lowest BCUT2D eigenvalue weighted by atomic mass is 10.1. The molecular weight excluding hydrogens is 311 g/mol. The zero-order chi connectivity index (χ0) is 15.8. The minimum atomic E-state index is -4.34. The lowest BCUT2D eigenvalue weighted by Crippen LogP contribution is -2.42. The molecule has 0 aromatic heterocycles. The summed E-state index contributed by atoms with van der Waals surface area (Å²) in [5, 5.41) is 8.81. The van der Waals surface area contributed by atoms with Gasteiger partial charge in [0, 0.05) is 25.9 Å². The summed E-state index contributed by atoms with van der Waals surface area (Å²) in [4.78, 5) is 10.0. The molecule has 0 saturated carbocycles. The highest BCUT2D eigenvalue weighted by Gasteiger charge is 2.39. The lowest BCUT2D eigenvalue weighted by molar-refractivity contribution is -0.0412. The van der Waals surface area contributed by atoms with Gasteiger partial charge in [0.1, 0.15) is 10.7 Å². The molecule has 1 aliphatic heterocycles. The first-order valence-corrected chi connectivity index (χ1v) is 7.48. The number of aromatic carboxylic acids is 1. The third-order valence-corrected chi connectivity index (χ3v) is 5.16. The van der Waals surface area contributed by atoms with E-state index in [0.29, 0.717) is 6.07 Å². The zero-order valence-electron chi connectivity index (χ0n) is 10.7. The second kappa shape index (κ2) is 5.30. The van der Waals surface area contributed by atoms with E-state index >= 15 is 0 Å². The summed E-state index contributed by atoms with van der Waals surface area (Å²) in [6, 6.07) is 2.36. The predicted octanol–water partition coefficient (Wildman–Crippen LogP) is 1.94. The van der Waals surface area contributed by atoms with Crippen LogP contribution in [0.5, 0.6) is 0 Å². The van der Waals surface area contributed by atoms with Crippen molar-refractivity contribution in [3.63, 3.8) is 0 Å². The van der Waals surface area contributed by atoms with Gasteiger partial charge in [-0.05, 0) is 18.2 Å². The molecule has 1 heterocycles. The average molecular weight is 323 g/mol. The second-order valence-corrected chi connectivity index (χ2v) is 6.62. The SMILES string of the molecule is O=C(O)c1ccc(F)c(S(=O)(=O)N2CCC(F)(F)CC2)c1. The number of alkyl halides is 2. The normalized spacial score (nSPS) is 19.4. The van der Waals surface area contributed by atoms with Crippen molar-refractivity contribution >= 4 is 16.0 Å². The van der Waals surface area contributed by atoms with Crippen molar-refractivity contribution in [3.8, 4) is 0 Å². The van der Waals surface area contributed by atoms with Crippen molar-refractivity contribution < 1.29 is 31.5 Å². The Morgan fingerprint density at radius 3 is 2.33 bits per heavy atom. The molecule has 0 aliphatic carbocycles. The van der Waals surface area contributed by atoms with Crippen molar-refractivity contribution in [2.24, 2.45) is 0 Å². The van der Waals surface area contributed by atoms with Crippen molar-refractivity contribution in [2.75, 3.05) is 13.1 Å². The number of halogens is 3. The first-order valence-electron chi connectivity index (χ1n) is 6.04. The predicted molar refractivity (Wildman–Crippen MR) is 66.3 cm³/mol. The zero-order valence-corrected chi connectivity index (χ0v) is 11.5. The van der Waals surface area contributed by atoms with Crippen molar-refractivity contribution in [2.45, 2.75) is 23.7 Å². The molecular formula is C12H12F3NO4S. The van der Waals surface area contributed by atoms with Crippen LogP contribution >= 0.6 is 0 Å². The molecule has 1 saturated heterocycles. The molecule has 0 unspecified atom stereocenters. The molecule has 2 rings (SSSR count). The van der Waals surface area contributed by atoms with Crippen LogP contribution in [-0.4, -0.2) is 42.8 Å². The molecule has 116 valence electrons. The summed E-state index contributed by atoms with van der Waals surface area (Å²) in [5.74, 6) is -5.46. The highest BCUT2D eigenvalue weighted by atomic mass is 32.2. The molecule has 0 atom stereocenters. The molecule has 0 spiro atoms. The van der Waals surface area contributed by atoms with Crippen LogP contribution in [-0.2, 0) is 10.0 Å². The van der Waals surface area contributed by atoms with E-state index < -0.39 is 64.1 Å². The van der Waals surface area contributed by atoms with E-state index in [2.05, 4.69) is 0 Å². The number of carboxylic acid groups (broad SMARTS) is 1. The number of carboxylic acids is 1. The monoisotopic (exact) mass is 323 g/mol. The number of hydrogen-bond acceptors (Lipinski definition) is 3. The third kappa shape index (κ3) is 3.18. The van der Waals surface area contributed by atoms with Crippen molar-refractivity contribution in [3.05, 3.63) is 29.6 Å². The van der Waals surface area contributed by atoms with Crippen LogP contribution in [0.1, 0.15) is 23.2 Å². The lowest BCUT2D eigenvalue weighted by Gasteiger charge is -2.31. The molecule has 0 bridgehead atoms. The molecule has 1 N–H and O–H groups in total. The molecule has 1 fully saturated rings. The highest BCUT2D eigenvalue weighted by Crippen LogP contribution is 2.31. The van der Waals surface area contributed by atoms with Gasteiger partial charge in [-0.15, -0.1) is 0 Å². The van der Waals surface area contributed by atoms with E-state index in [4.69, 9.17) is 5.11 Å². The smallest absolute Gasteiger partial charge is 0.335 e. The Labute approximate surface area is 119 Å². The first-order chi connectivity index (χ1) is 9.63. The minimum absolute atomic E-state index is 0.391. The Morgan fingerprint density at radius 1 is 1.24 bits per heavy atom. The summed E-state index contributed by atoms with van der Waals surface area (Å²) in [5.41, 5.74) is -0.391. The topological polar surface area (TPSA) is 74.7 Å². The number of sulfonamides is 1. The van der Waals surface area contributed by atoms with Crippen LogP contribution in [0.3, 0.4) is 0 Å². The van der Waals surface area contributed by atoms with E-state index in [1.807, 2.05) is 0 Å². The van der Waals surface area contributed by atoms with Gasteiger partial charge in [0.05, 0.1) is 5.56 Å². The van der Waals surface area contributed by atoms with E-state index in [1.165, 1.54) is 0 Å². The number of hydrogen-bond donors (Lipinski definition) is 1. The number of carbonyl (C=O) groups is 1. The quantitative estimate of drug-likeness (QED) is 0.922. The molecule has 21 heavy (non-hydrogen) atoms. The van der Waals surface area contributed by atoms with Gasteiger partial charge in [-0.1, -0.05) is 0 Å². The second-order valence-electron chi connectivity index (χ2n) is 4.71. The molecule has 1 aromatic carbocycles. The fourth-order valence-corrected chi connectivity index (χ4v) is 3.56. The molecule has 5 nitrogen and oxygen atoms in total.